The van der Waals surface area contributed by atoms with Gasteiger partial charge in [-0.1, -0.05) is 15.9 Å². The molecule has 8 heteroatoms. The van der Waals surface area contributed by atoms with Gasteiger partial charge in [-0.15, -0.1) is 0 Å². The van der Waals surface area contributed by atoms with E-state index in [1.165, 1.54) is 0 Å². The normalized spacial score (nSPS) is 16.1. The maximum Gasteiger partial charge on any atom is 0.310 e. The molecule has 1 heterocycles. The number of benzene rings is 1. The Morgan fingerprint density at radius 2 is 2.00 bits per heavy atom. The molecule has 1 aromatic rings. The van der Waals surface area contributed by atoms with Crippen molar-refractivity contribution in [3.8, 4) is 0 Å². The SMILES string of the molecule is CCN1C(=O)[C@H](NC(=O)C(=O)NCCCN(C)C)c2cc(Br)ccc21. The summed E-state index contributed by atoms with van der Waals surface area (Å²) in [6, 6.07) is 4.63. The molecule has 2 N–H and O–H groups in total. The van der Waals surface area contributed by atoms with Crippen molar-refractivity contribution in [3.63, 3.8) is 0 Å². The number of hydrogen-bond donors (Lipinski definition) is 2. The van der Waals surface area contributed by atoms with Crippen LogP contribution < -0.4 is 15.5 Å². The van der Waals surface area contributed by atoms with Crippen molar-refractivity contribution in [2.24, 2.45) is 0 Å². The second-order valence-corrected chi connectivity index (χ2v) is 7.02. The van der Waals surface area contributed by atoms with Crippen molar-refractivity contribution in [3.05, 3.63) is 28.2 Å². The van der Waals surface area contributed by atoms with Gasteiger partial charge in [0.15, 0.2) is 0 Å². The highest BCUT2D eigenvalue weighted by Crippen LogP contribution is 2.37. The van der Waals surface area contributed by atoms with Crippen molar-refractivity contribution < 1.29 is 14.4 Å². The number of likely N-dealkylation sites (N-methyl/N-ethyl adjacent to an activating group) is 1. The van der Waals surface area contributed by atoms with Gasteiger partial charge in [0.05, 0.1) is 0 Å². The minimum absolute atomic E-state index is 0.232. The number of carbonyl (C=O) groups excluding carboxylic acids is 3. The van der Waals surface area contributed by atoms with E-state index < -0.39 is 17.9 Å². The number of hydrogen-bond acceptors (Lipinski definition) is 4. The summed E-state index contributed by atoms with van der Waals surface area (Å²) in [5.74, 6) is -1.76. The molecule has 0 spiro atoms. The first-order chi connectivity index (χ1) is 11.8. The molecule has 1 aliphatic rings. The summed E-state index contributed by atoms with van der Waals surface area (Å²) in [7, 11) is 3.88. The molecule has 2 rings (SSSR count). The maximum atomic E-state index is 12.6. The highest BCUT2D eigenvalue weighted by atomic mass is 79.9. The van der Waals surface area contributed by atoms with E-state index in [0.29, 0.717) is 18.7 Å². The van der Waals surface area contributed by atoms with Gasteiger partial charge in [0, 0.05) is 28.8 Å². The van der Waals surface area contributed by atoms with Gasteiger partial charge in [-0.3, -0.25) is 14.4 Å². The van der Waals surface area contributed by atoms with E-state index in [2.05, 4.69) is 26.6 Å². The first kappa shape index (κ1) is 19.4. The Bertz CT molecular complexity index is 678. The fourth-order valence-electron chi connectivity index (χ4n) is 2.75. The highest BCUT2D eigenvalue weighted by molar-refractivity contribution is 9.10. The van der Waals surface area contributed by atoms with Crippen LogP contribution in [-0.2, 0) is 14.4 Å². The van der Waals surface area contributed by atoms with Crippen LogP contribution in [0.1, 0.15) is 24.9 Å². The quantitative estimate of drug-likeness (QED) is 0.542. The zero-order valence-corrected chi connectivity index (χ0v) is 16.2. The van der Waals surface area contributed by atoms with Gasteiger partial charge in [-0.25, -0.2) is 0 Å². The highest BCUT2D eigenvalue weighted by Gasteiger charge is 2.38. The Labute approximate surface area is 155 Å². The van der Waals surface area contributed by atoms with Gasteiger partial charge in [0.1, 0.15) is 6.04 Å². The van der Waals surface area contributed by atoms with Gasteiger partial charge in [-0.2, -0.15) is 0 Å². The average Bonchev–Trinajstić information content (AvgIpc) is 2.82. The number of nitrogens with one attached hydrogen (secondary N) is 2. The zero-order chi connectivity index (χ0) is 18.6. The Kier molecular flexibility index (Phi) is 6.55. The van der Waals surface area contributed by atoms with Gasteiger partial charge < -0.3 is 20.4 Å². The van der Waals surface area contributed by atoms with Gasteiger partial charge in [0.25, 0.3) is 5.91 Å². The van der Waals surface area contributed by atoms with Crippen molar-refractivity contribution in [2.45, 2.75) is 19.4 Å². The summed E-state index contributed by atoms with van der Waals surface area (Å²) in [4.78, 5) is 40.2. The third-order valence-electron chi connectivity index (χ3n) is 3.97. The third kappa shape index (κ3) is 4.58. The van der Waals surface area contributed by atoms with Crippen molar-refractivity contribution in [1.82, 2.24) is 15.5 Å². The lowest BCUT2D eigenvalue weighted by Gasteiger charge is -2.15. The molecule has 0 unspecified atom stereocenters. The molecular weight excluding hydrogens is 388 g/mol. The van der Waals surface area contributed by atoms with E-state index in [0.717, 1.165) is 23.1 Å². The Balaban J connectivity index is 2.02. The number of anilines is 1. The van der Waals surface area contributed by atoms with E-state index in [1.807, 2.05) is 38.1 Å². The maximum absolute atomic E-state index is 12.6. The monoisotopic (exact) mass is 410 g/mol. The summed E-state index contributed by atoms with van der Waals surface area (Å²) in [5.41, 5.74) is 1.45. The number of carbonyl (C=O) groups is 3. The topological polar surface area (TPSA) is 81.8 Å². The van der Waals surface area contributed by atoms with Crippen LogP contribution in [0.25, 0.3) is 0 Å². The Morgan fingerprint density at radius 1 is 1.28 bits per heavy atom. The predicted molar refractivity (Wildman–Crippen MR) is 99.2 cm³/mol. The van der Waals surface area contributed by atoms with Crippen LogP contribution in [0.3, 0.4) is 0 Å². The van der Waals surface area contributed by atoms with Crippen LogP contribution >= 0.6 is 15.9 Å². The zero-order valence-electron chi connectivity index (χ0n) is 14.6. The summed E-state index contributed by atoms with van der Waals surface area (Å²) in [6.45, 7) is 3.59. The third-order valence-corrected chi connectivity index (χ3v) is 4.46. The average molecular weight is 411 g/mol. The molecule has 0 bridgehead atoms. The van der Waals surface area contributed by atoms with Crippen molar-refractivity contribution in [1.29, 1.82) is 0 Å². The molecule has 0 aliphatic carbocycles. The smallest absolute Gasteiger partial charge is 0.310 e. The van der Waals surface area contributed by atoms with Crippen LogP contribution in [0, 0.1) is 0 Å². The predicted octanol–water partition coefficient (Wildman–Crippen LogP) is 1.04. The lowest BCUT2D eigenvalue weighted by Crippen LogP contribution is -2.44. The van der Waals surface area contributed by atoms with Crippen LogP contribution in [-0.4, -0.2) is 56.4 Å². The summed E-state index contributed by atoms with van der Waals surface area (Å²) < 4.78 is 0.810. The van der Waals surface area contributed by atoms with Gasteiger partial charge in [0.2, 0.25) is 0 Å². The fourth-order valence-corrected chi connectivity index (χ4v) is 3.13. The van der Waals surface area contributed by atoms with E-state index in [1.54, 1.807) is 11.0 Å². The molecule has 7 nitrogen and oxygen atoms in total. The van der Waals surface area contributed by atoms with E-state index in [4.69, 9.17) is 0 Å². The van der Waals surface area contributed by atoms with E-state index in [-0.39, 0.29) is 5.91 Å². The molecule has 136 valence electrons. The lowest BCUT2D eigenvalue weighted by molar-refractivity contribution is -0.140. The molecular formula is C17H23BrN4O3. The largest absolute Gasteiger partial charge is 0.348 e. The second-order valence-electron chi connectivity index (χ2n) is 6.10. The lowest BCUT2D eigenvalue weighted by atomic mass is 10.1. The molecule has 0 radical (unpaired) electrons. The van der Waals surface area contributed by atoms with Crippen LogP contribution in [0.4, 0.5) is 5.69 Å². The summed E-state index contributed by atoms with van der Waals surface area (Å²) >= 11 is 3.38. The molecule has 0 saturated carbocycles. The number of halogens is 1. The molecule has 1 atom stereocenters. The summed E-state index contributed by atoms with van der Waals surface area (Å²) in [6.07, 6.45) is 0.744. The van der Waals surface area contributed by atoms with Gasteiger partial charge >= 0.3 is 11.8 Å². The summed E-state index contributed by atoms with van der Waals surface area (Å²) in [5, 5.41) is 5.13. The van der Waals surface area contributed by atoms with Crippen LogP contribution in [0.5, 0.6) is 0 Å². The molecule has 0 fully saturated rings. The number of rotatable bonds is 6. The number of amides is 3. The van der Waals surface area contributed by atoms with E-state index >= 15 is 0 Å². The first-order valence-electron chi connectivity index (χ1n) is 8.19. The molecule has 1 aromatic carbocycles. The standard InChI is InChI=1S/C17H23BrN4O3/c1-4-22-13-7-6-11(18)10-12(13)14(17(22)25)20-16(24)15(23)19-8-5-9-21(2)3/h6-7,10,14H,4-5,8-9H2,1-3H3,(H,19,23)(H,20,24)/t14-/m1/s1. The minimum atomic E-state index is -0.840. The van der Waals surface area contributed by atoms with Crippen LogP contribution in [0.2, 0.25) is 0 Å². The molecule has 1 aliphatic heterocycles. The molecule has 0 saturated heterocycles. The van der Waals surface area contributed by atoms with Gasteiger partial charge in [-0.05, 0) is 52.2 Å². The van der Waals surface area contributed by atoms with Crippen LogP contribution in [0.15, 0.2) is 22.7 Å². The first-order valence-corrected chi connectivity index (χ1v) is 8.98. The molecule has 0 aromatic heterocycles. The molecule has 3 amide bonds. The number of nitrogens with zero attached hydrogens (tertiary/aromatic N) is 2. The molecule has 25 heavy (non-hydrogen) atoms. The van der Waals surface area contributed by atoms with Crippen molar-refractivity contribution in [2.75, 3.05) is 38.6 Å². The second kappa shape index (κ2) is 8.44. The number of fused-ring (bicyclic) bond motifs is 1. The Hall–Kier alpha value is -1.93. The fraction of sp³-hybridized carbons (Fsp3) is 0.471. The Morgan fingerprint density at radius 3 is 2.64 bits per heavy atom. The minimum Gasteiger partial charge on any atom is -0.348 e. The van der Waals surface area contributed by atoms with E-state index in [9.17, 15) is 14.4 Å². The van der Waals surface area contributed by atoms with Crippen molar-refractivity contribution >= 4 is 39.3 Å².